The van der Waals surface area contributed by atoms with Gasteiger partial charge in [0, 0.05) is 26.3 Å². The predicted octanol–water partition coefficient (Wildman–Crippen LogP) is 1.19. The van der Waals surface area contributed by atoms with Crippen molar-refractivity contribution in [3.63, 3.8) is 0 Å². The van der Waals surface area contributed by atoms with Gasteiger partial charge in [-0.2, -0.15) is 4.31 Å². The molecule has 3 rings (SSSR count). The van der Waals surface area contributed by atoms with E-state index in [1.165, 1.54) is 29.0 Å². The number of sulfone groups is 1. The monoisotopic (exact) mass is 387 g/mol. The van der Waals surface area contributed by atoms with Gasteiger partial charge in [0.2, 0.25) is 0 Å². The molecule has 0 N–H and O–H groups in total. The first kappa shape index (κ1) is 18.0. The Morgan fingerprint density at radius 3 is 2.20 bits per heavy atom. The number of aromatic nitrogens is 2. The quantitative estimate of drug-likeness (QED) is 0.735. The van der Waals surface area contributed by atoms with Crippen LogP contribution in [0.4, 0.5) is 4.39 Å². The molecule has 1 aliphatic heterocycles. The zero-order valence-corrected chi connectivity index (χ0v) is 15.2. The van der Waals surface area contributed by atoms with Crippen LogP contribution in [0.2, 0.25) is 0 Å². The van der Waals surface area contributed by atoms with Gasteiger partial charge in [-0.25, -0.2) is 26.2 Å². The Kier molecular flexibility index (Phi) is 4.69. The van der Waals surface area contributed by atoms with E-state index in [0.29, 0.717) is 0 Å². The number of rotatable bonds is 4. The molecule has 1 aromatic carbocycles. The zero-order chi connectivity index (χ0) is 18.2. The van der Waals surface area contributed by atoms with Gasteiger partial charge in [0.15, 0.2) is 14.9 Å². The van der Waals surface area contributed by atoms with Crippen LogP contribution < -0.4 is 0 Å². The van der Waals surface area contributed by atoms with Crippen molar-refractivity contribution < 1.29 is 21.2 Å². The molecule has 0 unspecified atom stereocenters. The van der Waals surface area contributed by atoms with Crippen molar-refractivity contribution in [3.05, 3.63) is 42.6 Å². The number of sulfonamides is 1. The van der Waals surface area contributed by atoms with Crippen LogP contribution in [0.5, 0.6) is 0 Å². The number of hydrogen-bond acceptors (Lipinski definition) is 5. The second kappa shape index (κ2) is 6.50. The molecule has 10 heteroatoms. The lowest BCUT2D eigenvalue weighted by molar-refractivity contribution is 0.344. The predicted molar refractivity (Wildman–Crippen MR) is 88.6 cm³/mol. The summed E-state index contributed by atoms with van der Waals surface area (Å²) in [6, 6.07) is 4.68. The minimum Gasteiger partial charge on any atom is -0.339 e. The Hall–Kier alpha value is -1.78. The summed E-state index contributed by atoms with van der Waals surface area (Å²) in [5, 5.41) is -0.733. The molecule has 0 bridgehead atoms. The lowest BCUT2D eigenvalue weighted by Crippen LogP contribution is -2.42. The van der Waals surface area contributed by atoms with Gasteiger partial charge in [0.05, 0.1) is 16.5 Å². The van der Waals surface area contributed by atoms with Crippen molar-refractivity contribution >= 4 is 19.9 Å². The minimum atomic E-state index is -3.72. The van der Waals surface area contributed by atoms with Gasteiger partial charge in [-0.15, -0.1) is 0 Å². The highest BCUT2D eigenvalue weighted by Gasteiger charge is 2.36. The molecule has 1 aliphatic rings. The lowest BCUT2D eigenvalue weighted by Gasteiger charge is -2.30. The van der Waals surface area contributed by atoms with Crippen LogP contribution in [0.25, 0.3) is 0 Å². The first-order chi connectivity index (χ1) is 11.7. The highest BCUT2D eigenvalue weighted by molar-refractivity contribution is 7.92. The molecule has 2 heterocycles. The number of hydrogen-bond donors (Lipinski definition) is 0. The first-order valence-corrected chi connectivity index (χ1v) is 10.7. The van der Waals surface area contributed by atoms with Crippen LogP contribution in [0.1, 0.15) is 12.8 Å². The molecule has 136 valence electrons. The summed E-state index contributed by atoms with van der Waals surface area (Å²) in [5.74, 6) is -0.504. The van der Waals surface area contributed by atoms with Gasteiger partial charge in [-0.3, -0.25) is 0 Å². The van der Waals surface area contributed by atoms with E-state index in [0.717, 1.165) is 12.1 Å². The third-order valence-corrected chi connectivity index (χ3v) is 8.33. The number of piperidine rings is 1. The van der Waals surface area contributed by atoms with E-state index in [1.807, 2.05) is 0 Å². The Morgan fingerprint density at radius 1 is 1.08 bits per heavy atom. The largest absolute Gasteiger partial charge is 0.339 e. The highest BCUT2D eigenvalue weighted by atomic mass is 32.2. The van der Waals surface area contributed by atoms with Gasteiger partial charge in [-0.1, -0.05) is 0 Å². The fourth-order valence-corrected chi connectivity index (χ4v) is 6.02. The normalized spacial score (nSPS) is 17.7. The lowest BCUT2D eigenvalue weighted by atomic mass is 10.2. The van der Waals surface area contributed by atoms with Gasteiger partial charge < -0.3 is 4.57 Å². The topological polar surface area (TPSA) is 89.3 Å². The second-order valence-electron chi connectivity index (χ2n) is 5.98. The molecule has 0 amide bonds. The standard InChI is InChI=1S/C15H18FN3O4S2/c1-18-10-15(17-11-18)25(22,23)19-8-6-14(7-9-19)24(20,21)13-4-2-12(16)3-5-13/h2-5,10-11,14H,6-9H2,1H3. The highest BCUT2D eigenvalue weighted by Crippen LogP contribution is 2.27. The number of halogens is 1. The van der Waals surface area contributed by atoms with Crippen LogP contribution >= 0.6 is 0 Å². The molecule has 7 nitrogen and oxygen atoms in total. The minimum absolute atomic E-state index is 0.0464. The first-order valence-electron chi connectivity index (χ1n) is 7.69. The molecule has 0 spiro atoms. The number of nitrogens with zero attached hydrogens (tertiary/aromatic N) is 3. The van der Waals surface area contributed by atoms with E-state index in [2.05, 4.69) is 4.98 Å². The van der Waals surface area contributed by atoms with Crippen LogP contribution in [0.3, 0.4) is 0 Å². The zero-order valence-electron chi connectivity index (χ0n) is 13.5. The molecule has 0 atom stereocenters. The van der Waals surface area contributed by atoms with E-state index in [9.17, 15) is 21.2 Å². The SMILES string of the molecule is Cn1cnc(S(=O)(=O)N2CCC(S(=O)(=O)c3ccc(F)cc3)CC2)c1. The smallest absolute Gasteiger partial charge is 0.262 e. The molecule has 1 saturated heterocycles. The summed E-state index contributed by atoms with van der Waals surface area (Å²) >= 11 is 0. The molecular weight excluding hydrogens is 369 g/mol. The van der Waals surface area contributed by atoms with E-state index >= 15 is 0 Å². The average molecular weight is 387 g/mol. The van der Waals surface area contributed by atoms with Crippen LogP contribution in [0.15, 0.2) is 46.7 Å². The Morgan fingerprint density at radius 2 is 1.68 bits per heavy atom. The van der Waals surface area contributed by atoms with E-state index in [-0.39, 0.29) is 35.9 Å². The maximum absolute atomic E-state index is 13.0. The third-order valence-electron chi connectivity index (χ3n) is 4.27. The van der Waals surface area contributed by atoms with Crippen molar-refractivity contribution in [1.82, 2.24) is 13.9 Å². The van der Waals surface area contributed by atoms with E-state index in [1.54, 1.807) is 11.6 Å². The summed E-state index contributed by atoms with van der Waals surface area (Å²) in [4.78, 5) is 3.92. The van der Waals surface area contributed by atoms with Crippen molar-refractivity contribution in [3.8, 4) is 0 Å². The van der Waals surface area contributed by atoms with E-state index < -0.39 is 30.9 Å². The Labute approximate surface area is 146 Å². The molecule has 1 aromatic heterocycles. The van der Waals surface area contributed by atoms with Gasteiger partial charge in [0.1, 0.15) is 5.82 Å². The summed E-state index contributed by atoms with van der Waals surface area (Å²) in [5.41, 5.74) is 0. The molecule has 0 aliphatic carbocycles. The van der Waals surface area contributed by atoms with Gasteiger partial charge in [0.25, 0.3) is 10.0 Å². The summed E-state index contributed by atoms with van der Waals surface area (Å²) < 4.78 is 66.1. The Bertz CT molecular complexity index is 960. The second-order valence-corrected chi connectivity index (χ2v) is 10.1. The fourth-order valence-electron chi connectivity index (χ4n) is 2.85. The number of aryl methyl sites for hydroxylation is 1. The summed E-state index contributed by atoms with van der Waals surface area (Å²) in [7, 11) is -5.67. The molecule has 2 aromatic rings. The number of benzene rings is 1. The number of imidazole rings is 1. The molecule has 0 saturated carbocycles. The Balaban J connectivity index is 1.74. The summed E-state index contributed by atoms with van der Waals surface area (Å²) in [6.07, 6.45) is 3.19. The molecule has 1 fully saturated rings. The van der Waals surface area contributed by atoms with E-state index in [4.69, 9.17) is 0 Å². The van der Waals surface area contributed by atoms with Gasteiger partial charge >= 0.3 is 0 Å². The fraction of sp³-hybridized carbons (Fsp3) is 0.400. The third kappa shape index (κ3) is 3.46. The summed E-state index contributed by atoms with van der Waals surface area (Å²) in [6.45, 7) is 0.202. The van der Waals surface area contributed by atoms with Crippen LogP contribution in [0, 0.1) is 5.82 Å². The van der Waals surface area contributed by atoms with Crippen molar-refractivity contribution in [2.24, 2.45) is 7.05 Å². The van der Waals surface area contributed by atoms with Gasteiger partial charge in [-0.05, 0) is 37.1 Å². The maximum Gasteiger partial charge on any atom is 0.262 e. The molecular formula is C15H18FN3O4S2. The van der Waals surface area contributed by atoms with Crippen molar-refractivity contribution in [2.45, 2.75) is 28.0 Å². The molecule has 25 heavy (non-hydrogen) atoms. The van der Waals surface area contributed by atoms with Crippen LogP contribution in [-0.2, 0) is 26.9 Å². The molecule has 0 radical (unpaired) electrons. The van der Waals surface area contributed by atoms with Crippen molar-refractivity contribution in [2.75, 3.05) is 13.1 Å². The van der Waals surface area contributed by atoms with Crippen molar-refractivity contribution in [1.29, 1.82) is 0 Å². The maximum atomic E-state index is 13.0. The average Bonchev–Trinajstić information content (AvgIpc) is 3.03. The van der Waals surface area contributed by atoms with Crippen LogP contribution in [-0.4, -0.2) is 49.0 Å².